The molecular formula is C12H13Cl2NO. The highest BCUT2D eigenvalue weighted by molar-refractivity contribution is 6.42. The lowest BCUT2D eigenvalue weighted by atomic mass is 10.0. The molecule has 0 spiro atoms. The quantitative estimate of drug-likeness (QED) is 0.773. The van der Waals surface area contributed by atoms with E-state index in [1.807, 2.05) is 19.0 Å². The molecule has 4 heteroatoms. The van der Waals surface area contributed by atoms with Gasteiger partial charge in [-0.3, -0.25) is 4.79 Å². The molecule has 86 valence electrons. The maximum Gasteiger partial charge on any atom is 0.161 e. The zero-order valence-corrected chi connectivity index (χ0v) is 10.9. The molecule has 0 aliphatic heterocycles. The average molecular weight is 258 g/mol. The number of nitrogens with zero attached hydrogens (tertiary/aromatic N) is 1. The normalized spacial score (nSPS) is 11.4. The number of hydrogen-bond acceptors (Lipinski definition) is 2. The van der Waals surface area contributed by atoms with Crippen LogP contribution in [0.15, 0.2) is 24.4 Å². The number of carbonyl (C=O) groups is 1. The molecule has 2 nitrogen and oxygen atoms in total. The largest absolute Gasteiger partial charge is 0.383 e. The van der Waals surface area contributed by atoms with Crippen molar-refractivity contribution in [1.29, 1.82) is 0 Å². The summed E-state index contributed by atoms with van der Waals surface area (Å²) < 4.78 is 0. The van der Waals surface area contributed by atoms with Crippen molar-refractivity contribution in [2.75, 3.05) is 14.1 Å². The maximum atomic E-state index is 11.5. The van der Waals surface area contributed by atoms with Crippen molar-refractivity contribution in [3.8, 4) is 0 Å². The van der Waals surface area contributed by atoms with E-state index in [1.54, 1.807) is 24.4 Å². The zero-order chi connectivity index (χ0) is 12.3. The second-order valence-electron chi connectivity index (χ2n) is 3.69. The third kappa shape index (κ3) is 3.26. The number of benzene rings is 1. The fourth-order valence-electron chi connectivity index (χ4n) is 1.29. The summed E-state index contributed by atoms with van der Waals surface area (Å²) in [5.74, 6) is -0.00732. The molecule has 0 aliphatic rings. The Morgan fingerprint density at radius 2 is 1.88 bits per heavy atom. The van der Waals surface area contributed by atoms with E-state index in [2.05, 4.69) is 0 Å². The van der Waals surface area contributed by atoms with Crippen molar-refractivity contribution in [3.05, 3.63) is 40.0 Å². The summed E-state index contributed by atoms with van der Waals surface area (Å²) in [6.07, 6.45) is 1.77. The van der Waals surface area contributed by atoms with Crippen LogP contribution in [0.3, 0.4) is 0 Å². The average Bonchev–Trinajstić information content (AvgIpc) is 2.18. The molecule has 0 aromatic heterocycles. The fourth-order valence-corrected chi connectivity index (χ4v) is 1.59. The van der Waals surface area contributed by atoms with E-state index in [0.29, 0.717) is 15.6 Å². The van der Waals surface area contributed by atoms with Crippen LogP contribution in [0.2, 0.25) is 10.0 Å². The Bertz CT molecular complexity index is 439. The highest BCUT2D eigenvalue weighted by Crippen LogP contribution is 2.26. The van der Waals surface area contributed by atoms with E-state index in [1.165, 1.54) is 6.92 Å². The van der Waals surface area contributed by atoms with Crippen molar-refractivity contribution < 1.29 is 4.79 Å². The van der Waals surface area contributed by atoms with Gasteiger partial charge in [0.25, 0.3) is 0 Å². The molecule has 0 saturated carbocycles. The van der Waals surface area contributed by atoms with Crippen LogP contribution in [0.5, 0.6) is 0 Å². The third-order valence-electron chi connectivity index (χ3n) is 2.00. The molecule has 0 N–H and O–H groups in total. The van der Waals surface area contributed by atoms with Crippen LogP contribution in [-0.4, -0.2) is 24.8 Å². The van der Waals surface area contributed by atoms with Crippen LogP contribution in [0.4, 0.5) is 0 Å². The van der Waals surface area contributed by atoms with Crippen LogP contribution < -0.4 is 0 Å². The minimum Gasteiger partial charge on any atom is -0.383 e. The van der Waals surface area contributed by atoms with Crippen LogP contribution >= 0.6 is 23.2 Å². The minimum atomic E-state index is -0.00732. The topological polar surface area (TPSA) is 20.3 Å². The number of ketones is 1. The first kappa shape index (κ1) is 13.1. The van der Waals surface area contributed by atoms with E-state index < -0.39 is 0 Å². The number of hydrogen-bond donors (Lipinski definition) is 0. The Kier molecular flexibility index (Phi) is 4.39. The van der Waals surface area contributed by atoms with Crippen molar-refractivity contribution in [2.24, 2.45) is 0 Å². The summed E-state index contributed by atoms with van der Waals surface area (Å²) in [5.41, 5.74) is 1.39. The molecule has 0 heterocycles. The van der Waals surface area contributed by atoms with Gasteiger partial charge in [-0.15, -0.1) is 0 Å². The molecule has 0 fully saturated rings. The molecule has 1 aromatic rings. The number of allylic oxidation sites excluding steroid dienone is 1. The maximum absolute atomic E-state index is 11.5. The SMILES string of the molecule is CC(=O)C(=CN(C)C)c1ccc(Cl)c(Cl)c1. The van der Waals surface area contributed by atoms with Crippen molar-refractivity contribution >= 4 is 34.6 Å². The lowest BCUT2D eigenvalue weighted by Crippen LogP contribution is -2.06. The van der Waals surface area contributed by atoms with E-state index in [9.17, 15) is 4.79 Å². The van der Waals surface area contributed by atoms with Gasteiger partial charge < -0.3 is 4.90 Å². The summed E-state index contributed by atoms with van der Waals surface area (Å²) in [6, 6.07) is 5.16. The number of Topliss-reactive ketones (excluding diaryl/α,β-unsaturated/α-hetero) is 1. The number of carbonyl (C=O) groups excluding carboxylic acids is 1. The Hall–Kier alpha value is -0.990. The van der Waals surface area contributed by atoms with E-state index in [-0.39, 0.29) is 5.78 Å². The van der Waals surface area contributed by atoms with Gasteiger partial charge in [0.15, 0.2) is 5.78 Å². The van der Waals surface area contributed by atoms with Gasteiger partial charge in [-0.05, 0) is 24.6 Å². The Balaban J connectivity index is 3.22. The van der Waals surface area contributed by atoms with Gasteiger partial charge in [-0.2, -0.15) is 0 Å². The van der Waals surface area contributed by atoms with Crippen LogP contribution in [0, 0.1) is 0 Å². The summed E-state index contributed by atoms with van der Waals surface area (Å²) >= 11 is 11.7. The Labute approximate surface area is 105 Å². The fraction of sp³-hybridized carbons (Fsp3) is 0.250. The standard InChI is InChI=1S/C12H13Cl2NO/c1-8(16)10(7-15(2)3)9-4-5-11(13)12(14)6-9/h4-7H,1-3H3. The highest BCUT2D eigenvalue weighted by atomic mass is 35.5. The third-order valence-corrected chi connectivity index (χ3v) is 2.74. The molecule has 0 bridgehead atoms. The van der Waals surface area contributed by atoms with Crippen LogP contribution in [0.1, 0.15) is 12.5 Å². The lowest BCUT2D eigenvalue weighted by molar-refractivity contribution is -0.111. The van der Waals surface area contributed by atoms with Gasteiger partial charge >= 0.3 is 0 Å². The van der Waals surface area contributed by atoms with Crippen LogP contribution in [-0.2, 0) is 4.79 Å². The first-order chi connectivity index (χ1) is 7.41. The number of rotatable bonds is 3. The van der Waals surface area contributed by atoms with Crippen molar-refractivity contribution in [2.45, 2.75) is 6.92 Å². The smallest absolute Gasteiger partial charge is 0.161 e. The van der Waals surface area contributed by atoms with E-state index in [0.717, 1.165) is 5.56 Å². The second kappa shape index (κ2) is 5.37. The van der Waals surface area contributed by atoms with Gasteiger partial charge in [0.05, 0.1) is 10.0 Å². The Morgan fingerprint density at radius 3 is 2.31 bits per heavy atom. The summed E-state index contributed by atoms with van der Waals surface area (Å²) in [4.78, 5) is 13.3. The molecule has 0 unspecified atom stereocenters. The molecule has 0 amide bonds. The number of halogens is 2. The molecule has 16 heavy (non-hydrogen) atoms. The predicted octanol–water partition coefficient (Wildman–Crippen LogP) is 3.48. The molecule has 0 aliphatic carbocycles. The molecular weight excluding hydrogens is 245 g/mol. The zero-order valence-electron chi connectivity index (χ0n) is 9.42. The first-order valence-electron chi connectivity index (χ1n) is 4.76. The lowest BCUT2D eigenvalue weighted by Gasteiger charge is -2.10. The second-order valence-corrected chi connectivity index (χ2v) is 4.51. The van der Waals surface area contributed by atoms with Crippen molar-refractivity contribution in [1.82, 2.24) is 4.90 Å². The first-order valence-corrected chi connectivity index (χ1v) is 5.52. The van der Waals surface area contributed by atoms with Gasteiger partial charge in [0.2, 0.25) is 0 Å². The molecule has 0 atom stereocenters. The summed E-state index contributed by atoms with van der Waals surface area (Å²) in [6.45, 7) is 1.53. The predicted molar refractivity (Wildman–Crippen MR) is 68.8 cm³/mol. The van der Waals surface area contributed by atoms with Gasteiger partial charge in [-0.1, -0.05) is 29.3 Å². The molecule has 1 rings (SSSR count). The molecule has 1 aromatic carbocycles. The van der Waals surface area contributed by atoms with Gasteiger partial charge in [0, 0.05) is 25.9 Å². The summed E-state index contributed by atoms with van der Waals surface area (Å²) in [5, 5.41) is 0.934. The highest BCUT2D eigenvalue weighted by Gasteiger charge is 2.09. The van der Waals surface area contributed by atoms with Gasteiger partial charge in [0.1, 0.15) is 0 Å². The molecule has 0 saturated heterocycles. The minimum absolute atomic E-state index is 0.00732. The summed E-state index contributed by atoms with van der Waals surface area (Å²) in [7, 11) is 3.72. The van der Waals surface area contributed by atoms with E-state index in [4.69, 9.17) is 23.2 Å². The van der Waals surface area contributed by atoms with Crippen LogP contribution in [0.25, 0.3) is 5.57 Å². The Morgan fingerprint density at radius 1 is 1.25 bits per heavy atom. The van der Waals surface area contributed by atoms with E-state index >= 15 is 0 Å². The monoisotopic (exact) mass is 257 g/mol. The molecule has 0 radical (unpaired) electrons. The van der Waals surface area contributed by atoms with Gasteiger partial charge in [-0.25, -0.2) is 0 Å². The van der Waals surface area contributed by atoms with Crippen molar-refractivity contribution in [3.63, 3.8) is 0 Å².